The standard InChI is InChI=1S/C23H26N4O6/c1-5-14-12-24-20-18(19(14)32-6-2)21(29)27(23(31)26(20)4)13-17(28)25-16-11-9-8-10-15(16)22(30)33-7-3/h8-12H,5-7,13H2,1-4H3,(H,25,28). The number of pyridine rings is 1. The Balaban J connectivity index is 2.05. The number of esters is 1. The lowest BCUT2D eigenvalue weighted by Crippen LogP contribution is -2.42. The molecule has 0 aliphatic heterocycles. The van der Waals surface area contributed by atoms with Gasteiger partial charge in [-0.05, 0) is 32.4 Å². The Hall–Kier alpha value is -3.95. The lowest BCUT2D eigenvalue weighted by atomic mass is 10.1. The van der Waals surface area contributed by atoms with Crippen LogP contribution in [0, 0.1) is 0 Å². The van der Waals surface area contributed by atoms with Crippen LogP contribution in [0.4, 0.5) is 5.69 Å². The second-order valence-electron chi connectivity index (χ2n) is 7.14. The van der Waals surface area contributed by atoms with Gasteiger partial charge in [0, 0.05) is 18.8 Å². The molecule has 0 radical (unpaired) electrons. The third-order valence-corrected chi connectivity index (χ3v) is 5.05. The summed E-state index contributed by atoms with van der Waals surface area (Å²) in [5, 5.41) is 2.73. The van der Waals surface area contributed by atoms with Gasteiger partial charge in [0.1, 0.15) is 17.7 Å². The largest absolute Gasteiger partial charge is 0.493 e. The molecule has 0 saturated carbocycles. The average Bonchev–Trinajstić information content (AvgIpc) is 2.80. The molecule has 33 heavy (non-hydrogen) atoms. The van der Waals surface area contributed by atoms with E-state index in [1.807, 2.05) is 6.92 Å². The van der Waals surface area contributed by atoms with Gasteiger partial charge in [0.15, 0.2) is 5.65 Å². The molecule has 0 saturated heterocycles. The van der Waals surface area contributed by atoms with Crippen LogP contribution in [0.1, 0.15) is 36.7 Å². The maximum absolute atomic E-state index is 13.3. The van der Waals surface area contributed by atoms with Crippen LogP contribution in [0.3, 0.4) is 0 Å². The van der Waals surface area contributed by atoms with Crippen molar-refractivity contribution in [1.29, 1.82) is 0 Å². The molecule has 0 spiro atoms. The third-order valence-electron chi connectivity index (χ3n) is 5.05. The topological polar surface area (TPSA) is 122 Å². The van der Waals surface area contributed by atoms with Gasteiger partial charge in [-0.15, -0.1) is 0 Å². The van der Waals surface area contributed by atoms with Gasteiger partial charge in [0.25, 0.3) is 5.56 Å². The maximum atomic E-state index is 13.3. The molecule has 0 unspecified atom stereocenters. The van der Waals surface area contributed by atoms with Gasteiger partial charge >= 0.3 is 11.7 Å². The SMILES string of the molecule is CCOC(=O)c1ccccc1NC(=O)Cn1c(=O)c2c(OCC)c(CC)cnc2n(C)c1=O. The van der Waals surface area contributed by atoms with Crippen molar-refractivity contribution in [2.45, 2.75) is 33.7 Å². The molecule has 1 amide bonds. The minimum Gasteiger partial charge on any atom is -0.493 e. The van der Waals surface area contributed by atoms with Crippen molar-refractivity contribution in [2.24, 2.45) is 7.05 Å². The first-order chi connectivity index (χ1) is 15.8. The fourth-order valence-corrected chi connectivity index (χ4v) is 3.48. The smallest absolute Gasteiger partial charge is 0.340 e. The first kappa shape index (κ1) is 23.7. The van der Waals surface area contributed by atoms with Crippen molar-refractivity contribution >= 4 is 28.6 Å². The van der Waals surface area contributed by atoms with E-state index in [0.717, 1.165) is 10.1 Å². The molecule has 2 aromatic heterocycles. The third kappa shape index (κ3) is 4.64. The Morgan fingerprint density at radius 1 is 1.09 bits per heavy atom. The van der Waals surface area contributed by atoms with E-state index in [1.165, 1.54) is 23.7 Å². The fraction of sp³-hybridized carbons (Fsp3) is 0.348. The molecule has 0 aliphatic rings. The molecule has 3 rings (SSSR count). The number of aryl methyl sites for hydroxylation is 2. The maximum Gasteiger partial charge on any atom is 0.340 e. The van der Waals surface area contributed by atoms with Crippen LogP contribution in [0.5, 0.6) is 5.75 Å². The average molecular weight is 454 g/mol. The van der Waals surface area contributed by atoms with Gasteiger partial charge in [-0.1, -0.05) is 19.1 Å². The van der Waals surface area contributed by atoms with Crippen LogP contribution in [-0.2, 0) is 29.5 Å². The predicted octanol–water partition coefficient (Wildman–Crippen LogP) is 1.87. The summed E-state index contributed by atoms with van der Waals surface area (Å²) in [5.74, 6) is -0.887. The number of carbonyl (C=O) groups is 2. The van der Waals surface area contributed by atoms with E-state index in [1.54, 1.807) is 32.2 Å². The lowest BCUT2D eigenvalue weighted by molar-refractivity contribution is -0.116. The molecule has 0 fully saturated rings. The van der Waals surface area contributed by atoms with E-state index in [-0.39, 0.29) is 28.9 Å². The number of para-hydroxylation sites is 1. The quantitative estimate of drug-likeness (QED) is 0.516. The first-order valence-electron chi connectivity index (χ1n) is 10.6. The molecular weight excluding hydrogens is 428 g/mol. The molecular formula is C23H26N4O6. The summed E-state index contributed by atoms with van der Waals surface area (Å²) >= 11 is 0. The number of fused-ring (bicyclic) bond motifs is 1. The highest BCUT2D eigenvalue weighted by atomic mass is 16.5. The van der Waals surface area contributed by atoms with Gasteiger partial charge in [-0.3, -0.25) is 14.2 Å². The normalized spacial score (nSPS) is 10.8. The number of nitrogens with zero attached hydrogens (tertiary/aromatic N) is 3. The number of nitrogens with one attached hydrogen (secondary N) is 1. The number of benzene rings is 1. The Morgan fingerprint density at radius 3 is 2.48 bits per heavy atom. The van der Waals surface area contributed by atoms with Gasteiger partial charge < -0.3 is 14.8 Å². The molecule has 10 heteroatoms. The predicted molar refractivity (Wildman–Crippen MR) is 123 cm³/mol. The number of aromatic nitrogens is 3. The van der Waals surface area contributed by atoms with Gasteiger partial charge in [-0.25, -0.2) is 19.1 Å². The number of anilines is 1. The van der Waals surface area contributed by atoms with Crippen LogP contribution < -0.4 is 21.3 Å². The second kappa shape index (κ2) is 10.1. The minimum atomic E-state index is -0.694. The highest BCUT2D eigenvalue weighted by molar-refractivity contribution is 6.01. The monoisotopic (exact) mass is 454 g/mol. The number of hydrogen-bond donors (Lipinski definition) is 1. The summed E-state index contributed by atoms with van der Waals surface area (Å²) in [4.78, 5) is 55.4. The first-order valence-corrected chi connectivity index (χ1v) is 10.6. The van der Waals surface area contributed by atoms with E-state index < -0.39 is 29.7 Å². The van der Waals surface area contributed by atoms with E-state index in [0.29, 0.717) is 18.8 Å². The molecule has 2 heterocycles. The second-order valence-corrected chi connectivity index (χ2v) is 7.14. The van der Waals surface area contributed by atoms with Crippen molar-refractivity contribution in [3.05, 3.63) is 62.4 Å². The zero-order chi connectivity index (χ0) is 24.1. The van der Waals surface area contributed by atoms with E-state index in [9.17, 15) is 19.2 Å². The summed E-state index contributed by atoms with van der Waals surface area (Å²) < 4.78 is 12.8. The molecule has 0 atom stereocenters. The summed E-state index contributed by atoms with van der Waals surface area (Å²) in [6.07, 6.45) is 2.15. The van der Waals surface area contributed by atoms with Crippen molar-refractivity contribution in [2.75, 3.05) is 18.5 Å². The summed E-state index contributed by atoms with van der Waals surface area (Å²) in [5.41, 5.74) is -0.0819. The Kier molecular flexibility index (Phi) is 7.27. The lowest BCUT2D eigenvalue weighted by Gasteiger charge is -2.15. The molecule has 1 aromatic carbocycles. The molecule has 10 nitrogen and oxygen atoms in total. The molecule has 0 aliphatic carbocycles. The van der Waals surface area contributed by atoms with Crippen LogP contribution >= 0.6 is 0 Å². The van der Waals surface area contributed by atoms with Crippen LogP contribution in [0.2, 0.25) is 0 Å². The van der Waals surface area contributed by atoms with Crippen LogP contribution in [0.15, 0.2) is 40.1 Å². The van der Waals surface area contributed by atoms with Crippen molar-refractivity contribution < 1.29 is 19.1 Å². The van der Waals surface area contributed by atoms with Crippen LogP contribution in [0.25, 0.3) is 11.0 Å². The van der Waals surface area contributed by atoms with Crippen molar-refractivity contribution in [1.82, 2.24) is 14.1 Å². The van der Waals surface area contributed by atoms with E-state index in [4.69, 9.17) is 9.47 Å². The number of rotatable bonds is 8. The highest BCUT2D eigenvalue weighted by Crippen LogP contribution is 2.25. The van der Waals surface area contributed by atoms with Crippen molar-refractivity contribution in [3.63, 3.8) is 0 Å². The number of hydrogen-bond acceptors (Lipinski definition) is 7. The van der Waals surface area contributed by atoms with Gasteiger partial charge in [0.05, 0.1) is 24.5 Å². The number of amides is 1. The van der Waals surface area contributed by atoms with Gasteiger partial charge in [0.2, 0.25) is 5.91 Å². The molecule has 0 bridgehead atoms. The Morgan fingerprint density at radius 2 is 1.82 bits per heavy atom. The zero-order valence-corrected chi connectivity index (χ0v) is 19.0. The summed E-state index contributed by atoms with van der Waals surface area (Å²) in [6.45, 7) is 5.32. The van der Waals surface area contributed by atoms with Crippen LogP contribution in [-0.4, -0.2) is 39.2 Å². The summed E-state index contributed by atoms with van der Waals surface area (Å²) in [7, 11) is 1.48. The summed E-state index contributed by atoms with van der Waals surface area (Å²) in [6, 6.07) is 6.34. The number of carbonyl (C=O) groups excluding carboxylic acids is 2. The van der Waals surface area contributed by atoms with E-state index >= 15 is 0 Å². The Bertz CT molecular complexity index is 1330. The number of ether oxygens (including phenoxy) is 2. The molecule has 174 valence electrons. The highest BCUT2D eigenvalue weighted by Gasteiger charge is 2.21. The van der Waals surface area contributed by atoms with Crippen molar-refractivity contribution in [3.8, 4) is 5.75 Å². The zero-order valence-electron chi connectivity index (χ0n) is 19.0. The Labute approximate surface area is 189 Å². The van der Waals surface area contributed by atoms with Gasteiger partial charge in [-0.2, -0.15) is 0 Å². The molecule has 3 aromatic rings. The van der Waals surface area contributed by atoms with E-state index in [2.05, 4.69) is 10.3 Å². The minimum absolute atomic E-state index is 0.137. The fourth-order valence-electron chi connectivity index (χ4n) is 3.48. The molecule has 1 N–H and O–H groups in total.